The molecule has 3 fully saturated rings. The van der Waals surface area contributed by atoms with Crippen LogP contribution in [0, 0.1) is 17.8 Å². The second-order valence-electron chi connectivity index (χ2n) is 7.30. The summed E-state index contributed by atoms with van der Waals surface area (Å²) in [5.74, 6) is 7.29. The number of rotatable bonds is 0. The van der Waals surface area contributed by atoms with E-state index in [1.165, 1.54) is 44.1 Å². The van der Waals surface area contributed by atoms with Gasteiger partial charge in [0.15, 0.2) is 5.60 Å². The lowest BCUT2D eigenvalue weighted by molar-refractivity contribution is -0.146. The zero-order valence-corrected chi connectivity index (χ0v) is 12.9. The Morgan fingerprint density at radius 2 is 2.00 bits per heavy atom. The first-order chi connectivity index (χ1) is 10.8. The summed E-state index contributed by atoms with van der Waals surface area (Å²) in [6, 6.07) is 0.367. The maximum Gasteiger partial charge on any atom is 0.332 e. The van der Waals surface area contributed by atoms with Crippen LogP contribution in [0.3, 0.4) is 0 Å². The Kier molecular flexibility index (Phi) is 2.64. The van der Waals surface area contributed by atoms with Gasteiger partial charge in [-0.25, -0.2) is 4.79 Å². The molecular weight excluding hydrogens is 274 g/mol. The molecule has 0 aromatic carbocycles. The highest BCUT2D eigenvalue weighted by atomic mass is 16.6. The minimum absolute atomic E-state index is 0.169. The molecule has 2 saturated heterocycles. The number of hydrogen-bond donors (Lipinski definition) is 0. The Hall–Kier alpha value is -1.53. The van der Waals surface area contributed by atoms with Crippen LogP contribution in [0.15, 0.2) is 22.8 Å². The van der Waals surface area contributed by atoms with Gasteiger partial charge in [0.2, 0.25) is 0 Å². The third-order valence-corrected chi connectivity index (χ3v) is 6.14. The number of piperidine rings is 1. The van der Waals surface area contributed by atoms with Gasteiger partial charge in [0, 0.05) is 35.3 Å². The van der Waals surface area contributed by atoms with Crippen molar-refractivity contribution < 1.29 is 9.53 Å². The molecule has 3 heteroatoms. The van der Waals surface area contributed by atoms with Crippen molar-refractivity contribution in [3.8, 4) is 11.8 Å². The minimum Gasteiger partial charge on any atom is -0.445 e. The van der Waals surface area contributed by atoms with E-state index < -0.39 is 5.60 Å². The quantitative estimate of drug-likeness (QED) is 0.508. The van der Waals surface area contributed by atoms with Gasteiger partial charge >= 0.3 is 5.97 Å². The molecule has 2 aliphatic carbocycles. The predicted octanol–water partition coefficient (Wildman–Crippen LogP) is 2.58. The summed E-state index contributed by atoms with van der Waals surface area (Å²) in [6.45, 7) is 2.08. The van der Waals surface area contributed by atoms with Gasteiger partial charge in [0.25, 0.3) is 0 Å². The third kappa shape index (κ3) is 1.54. The molecule has 3 aliphatic heterocycles. The Morgan fingerprint density at radius 3 is 2.86 bits per heavy atom. The topological polar surface area (TPSA) is 29.5 Å². The smallest absolute Gasteiger partial charge is 0.332 e. The van der Waals surface area contributed by atoms with E-state index in [4.69, 9.17) is 4.74 Å². The summed E-state index contributed by atoms with van der Waals surface area (Å²) in [4.78, 5) is 14.4. The monoisotopic (exact) mass is 295 g/mol. The first kappa shape index (κ1) is 13.0. The van der Waals surface area contributed by atoms with E-state index in [2.05, 4.69) is 16.7 Å². The maximum absolute atomic E-state index is 11.9. The molecule has 1 spiro atoms. The Morgan fingerprint density at radius 1 is 1.18 bits per heavy atom. The number of carbonyl (C=O) groups is 1. The third-order valence-electron chi connectivity index (χ3n) is 6.14. The van der Waals surface area contributed by atoms with Gasteiger partial charge in [-0.15, -0.1) is 0 Å². The molecule has 1 unspecified atom stereocenters. The van der Waals surface area contributed by atoms with Crippen molar-refractivity contribution in [3.63, 3.8) is 0 Å². The number of fused-ring (bicyclic) bond motifs is 1. The molecule has 5 aliphatic rings. The van der Waals surface area contributed by atoms with Crippen molar-refractivity contribution in [1.29, 1.82) is 0 Å². The molecule has 0 aromatic heterocycles. The standard InChI is InChI=1S/C19H21NO2/c21-18-11-15-14(9-8-13-5-1-2-6-13)16-12-20-10-4-3-7-17(20)19(15,16)22-18/h11,13,17H,1-7,10,12H2/t17?,19-/m1/s1. The lowest BCUT2D eigenvalue weighted by atomic mass is 9.67. The average molecular weight is 295 g/mol. The van der Waals surface area contributed by atoms with Crippen LogP contribution in [0.25, 0.3) is 0 Å². The van der Waals surface area contributed by atoms with E-state index in [1.807, 2.05) is 0 Å². The molecule has 5 rings (SSSR count). The minimum atomic E-state index is -0.406. The average Bonchev–Trinajstić information content (AvgIpc) is 3.20. The van der Waals surface area contributed by atoms with E-state index in [9.17, 15) is 4.79 Å². The molecule has 0 amide bonds. The summed E-state index contributed by atoms with van der Waals surface area (Å²) in [6.07, 6.45) is 10.5. The number of ether oxygens (including phenoxy) is 1. The molecule has 0 bridgehead atoms. The molecule has 22 heavy (non-hydrogen) atoms. The predicted molar refractivity (Wildman–Crippen MR) is 82.9 cm³/mol. The van der Waals surface area contributed by atoms with Crippen LogP contribution in [-0.4, -0.2) is 35.6 Å². The lowest BCUT2D eigenvalue weighted by Crippen LogP contribution is -2.52. The fourth-order valence-corrected chi connectivity index (χ4v) is 5.11. The first-order valence-corrected chi connectivity index (χ1v) is 8.74. The number of nitrogens with zero attached hydrogens (tertiary/aromatic N) is 1. The fraction of sp³-hybridized carbons (Fsp3) is 0.632. The molecule has 0 radical (unpaired) electrons. The fourth-order valence-electron chi connectivity index (χ4n) is 5.11. The van der Waals surface area contributed by atoms with Gasteiger partial charge in [0.05, 0.1) is 6.04 Å². The van der Waals surface area contributed by atoms with Crippen LogP contribution in [-0.2, 0) is 9.53 Å². The largest absolute Gasteiger partial charge is 0.445 e. The van der Waals surface area contributed by atoms with Gasteiger partial charge in [-0.1, -0.05) is 31.1 Å². The van der Waals surface area contributed by atoms with E-state index in [0.717, 1.165) is 30.7 Å². The van der Waals surface area contributed by atoms with Crippen LogP contribution in [0.4, 0.5) is 0 Å². The molecule has 0 N–H and O–H groups in total. The number of esters is 1. The van der Waals surface area contributed by atoms with Crippen molar-refractivity contribution in [3.05, 3.63) is 22.8 Å². The molecule has 3 heterocycles. The normalized spacial score (nSPS) is 36.8. The van der Waals surface area contributed by atoms with Crippen LogP contribution in [0.2, 0.25) is 0 Å². The molecule has 1 saturated carbocycles. The first-order valence-electron chi connectivity index (χ1n) is 8.74. The Bertz CT molecular complexity index is 671. The van der Waals surface area contributed by atoms with Gasteiger partial charge in [-0.05, 0) is 32.2 Å². The second-order valence-corrected chi connectivity index (χ2v) is 7.30. The Balaban J connectivity index is 1.54. The van der Waals surface area contributed by atoms with E-state index in [-0.39, 0.29) is 5.97 Å². The van der Waals surface area contributed by atoms with Gasteiger partial charge in [-0.3, -0.25) is 4.90 Å². The highest BCUT2D eigenvalue weighted by molar-refractivity contribution is 5.94. The lowest BCUT2D eigenvalue weighted by Gasteiger charge is -2.43. The summed E-state index contributed by atoms with van der Waals surface area (Å²) < 4.78 is 5.84. The number of hydrogen-bond acceptors (Lipinski definition) is 3. The summed E-state index contributed by atoms with van der Waals surface area (Å²) in [5.41, 5.74) is 3.11. The highest BCUT2D eigenvalue weighted by Gasteiger charge is 2.66. The zero-order chi connectivity index (χ0) is 14.7. The van der Waals surface area contributed by atoms with Crippen LogP contribution in [0.5, 0.6) is 0 Å². The van der Waals surface area contributed by atoms with E-state index in [1.54, 1.807) is 6.08 Å². The zero-order valence-electron chi connectivity index (χ0n) is 12.9. The molecule has 0 aromatic rings. The summed E-state index contributed by atoms with van der Waals surface area (Å²) in [5, 5.41) is 0. The van der Waals surface area contributed by atoms with E-state index >= 15 is 0 Å². The van der Waals surface area contributed by atoms with Crippen molar-refractivity contribution in [2.75, 3.05) is 13.1 Å². The molecule has 3 nitrogen and oxygen atoms in total. The molecule has 2 atom stereocenters. The maximum atomic E-state index is 11.9. The van der Waals surface area contributed by atoms with Crippen molar-refractivity contribution in [2.24, 2.45) is 5.92 Å². The van der Waals surface area contributed by atoms with Crippen molar-refractivity contribution >= 4 is 5.97 Å². The number of carbonyl (C=O) groups excluding carboxylic acids is 1. The van der Waals surface area contributed by atoms with Gasteiger partial charge in [-0.2, -0.15) is 0 Å². The van der Waals surface area contributed by atoms with Crippen molar-refractivity contribution in [1.82, 2.24) is 4.90 Å². The van der Waals surface area contributed by atoms with Crippen LogP contribution < -0.4 is 0 Å². The van der Waals surface area contributed by atoms with Crippen LogP contribution >= 0.6 is 0 Å². The van der Waals surface area contributed by atoms with Gasteiger partial charge in [0.1, 0.15) is 0 Å². The highest BCUT2D eigenvalue weighted by Crippen LogP contribution is 2.58. The Labute approximate surface area is 131 Å². The van der Waals surface area contributed by atoms with Gasteiger partial charge < -0.3 is 4.74 Å². The summed E-state index contributed by atoms with van der Waals surface area (Å²) >= 11 is 0. The summed E-state index contributed by atoms with van der Waals surface area (Å²) in [7, 11) is 0. The van der Waals surface area contributed by atoms with Crippen LogP contribution in [0.1, 0.15) is 44.9 Å². The van der Waals surface area contributed by atoms with Crippen molar-refractivity contribution in [2.45, 2.75) is 56.6 Å². The van der Waals surface area contributed by atoms with E-state index in [0.29, 0.717) is 12.0 Å². The SMILES string of the molecule is O=C1C=C2C(C#CC3CCCC3)=C3CN4CCCCC4[C@@]23O1. The molecule has 114 valence electrons. The molecular formula is C19H21NO2. The second kappa shape index (κ2) is 4.49.